The molecule has 4 saturated heterocycles. The van der Waals surface area contributed by atoms with Crippen molar-refractivity contribution < 1.29 is 22.6 Å². The van der Waals surface area contributed by atoms with Crippen LogP contribution in [0.4, 0.5) is 19.0 Å². The Labute approximate surface area is 275 Å². The van der Waals surface area contributed by atoms with Gasteiger partial charge in [-0.05, 0) is 55.8 Å². The van der Waals surface area contributed by atoms with E-state index < -0.39 is 23.3 Å². The van der Waals surface area contributed by atoms with Gasteiger partial charge in [0.2, 0.25) is 0 Å². The molecule has 4 aromatic rings. The number of anilines is 1. The Hall–Kier alpha value is -3.69. The lowest BCUT2D eigenvalue weighted by molar-refractivity contribution is 0.107. The van der Waals surface area contributed by atoms with E-state index in [4.69, 9.17) is 32.5 Å². The van der Waals surface area contributed by atoms with Crippen LogP contribution in [0.2, 0.25) is 5.02 Å². The van der Waals surface area contributed by atoms with E-state index >= 15 is 4.39 Å². The second-order valence-corrected chi connectivity index (χ2v) is 13.9. The van der Waals surface area contributed by atoms with Gasteiger partial charge in [0.25, 0.3) is 0 Å². The third kappa shape index (κ3) is 5.08. The van der Waals surface area contributed by atoms with Crippen LogP contribution < -0.4 is 15.0 Å². The summed E-state index contributed by atoms with van der Waals surface area (Å²) in [7, 11) is 1.68. The summed E-state index contributed by atoms with van der Waals surface area (Å²) in [6, 6.07) is 6.21. The molecule has 0 radical (unpaired) electrons. The Balaban J connectivity index is 1.28. The zero-order valence-electron chi connectivity index (χ0n) is 26.0. The summed E-state index contributed by atoms with van der Waals surface area (Å²) in [6.45, 7) is 3.13. The van der Waals surface area contributed by atoms with Crippen LogP contribution in [0.25, 0.3) is 32.9 Å². The van der Waals surface area contributed by atoms with Crippen LogP contribution in [0.3, 0.4) is 0 Å². The van der Waals surface area contributed by atoms with E-state index in [1.807, 2.05) is 0 Å². The number of halogens is 4. The first kappa shape index (κ1) is 30.6. The van der Waals surface area contributed by atoms with E-state index in [0.717, 1.165) is 32.2 Å². The summed E-state index contributed by atoms with van der Waals surface area (Å²) < 4.78 is 58.2. The lowest BCUT2D eigenvalue weighted by Gasteiger charge is -2.41. The van der Waals surface area contributed by atoms with Crippen LogP contribution in [-0.2, 0) is 4.74 Å². The number of aromatic nitrogens is 3. The molecule has 0 aliphatic carbocycles. The van der Waals surface area contributed by atoms with Crippen molar-refractivity contribution in [3.63, 3.8) is 0 Å². The SMILES string of the molecule is C#Cc1c(F)ccc2cc(Cl)cc(-c3ncc4c(N5C[C@@H]6CC[C@](COC)(C5)N6)nc(OC[C@@]56CCCN5C[C@H](F)C6)nc4c3F)c12. The molecule has 2 bridgehead atoms. The molecule has 8 rings (SSSR count). The van der Waals surface area contributed by atoms with Crippen molar-refractivity contribution >= 4 is 39.1 Å². The molecule has 0 amide bonds. The number of nitrogens with one attached hydrogen (secondary N) is 1. The molecule has 8 nitrogen and oxygen atoms in total. The topological polar surface area (TPSA) is 75.6 Å². The molecule has 0 saturated carbocycles. The smallest absolute Gasteiger partial charge is 0.319 e. The van der Waals surface area contributed by atoms with Gasteiger partial charge in [0.1, 0.15) is 35.6 Å². The van der Waals surface area contributed by atoms with Gasteiger partial charge in [-0.3, -0.25) is 9.88 Å². The Morgan fingerprint density at radius 1 is 1.17 bits per heavy atom. The first-order valence-corrected chi connectivity index (χ1v) is 16.4. The fraction of sp³-hybridized carbons (Fsp3) is 0.457. The molecule has 4 fully saturated rings. The fourth-order valence-corrected chi connectivity index (χ4v) is 8.70. The highest BCUT2D eigenvalue weighted by Crippen LogP contribution is 2.42. The first-order chi connectivity index (χ1) is 22.7. The predicted octanol–water partition coefficient (Wildman–Crippen LogP) is 5.67. The van der Waals surface area contributed by atoms with Crippen molar-refractivity contribution in [3.05, 3.63) is 52.7 Å². The summed E-state index contributed by atoms with van der Waals surface area (Å²) in [5, 5.41) is 5.32. The molecule has 0 spiro atoms. The minimum atomic E-state index is -0.920. The van der Waals surface area contributed by atoms with Crippen molar-refractivity contribution in [1.29, 1.82) is 0 Å². The van der Waals surface area contributed by atoms with Crippen molar-refractivity contribution in [1.82, 2.24) is 25.2 Å². The highest BCUT2D eigenvalue weighted by molar-refractivity contribution is 6.32. The number of pyridine rings is 1. The number of alkyl halides is 1. The van der Waals surface area contributed by atoms with Crippen LogP contribution in [-0.4, -0.2) is 89.6 Å². The van der Waals surface area contributed by atoms with Gasteiger partial charge < -0.3 is 19.7 Å². The van der Waals surface area contributed by atoms with Gasteiger partial charge in [0.15, 0.2) is 5.82 Å². The highest BCUT2D eigenvalue weighted by Gasteiger charge is 2.50. The van der Waals surface area contributed by atoms with E-state index in [1.54, 1.807) is 25.4 Å². The number of methoxy groups -OCH3 is 1. The zero-order valence-corrected chi connectivity index (χ0v) is 26.7. The number of ether oxygens (including phenoxy) is 2. The van der Waals surface area contributed by atoms with Crippen LogP contribution in [0.15, 0.2) is 30.5 Å². The average Bonchev–Trinajstić information content (AvgIpc) is 3.68. The molecule has 12 heteroatoms. The van der Waals surface area contributed by atoms with Crippen molar-refractivity contribution in [2.75, 3.05) is 51.4 Å². The molecule has 244 valence electrons. The molecule has 0 unspecified atom stereocenters. The molecule has 6 heterocycles. The second-order valence-electron chi connectivity index (χ2n) is 13.5. The fourth-order valence-electron chi connectivity index (χ4n) is 8.48. The molecule has 1 N–H and O–H groups in total. The van der Waals surface area contributed by atoms with E-state index in [2.05, 4.69) is 31.0 Å². The molecule has 4 atom stereocenters. The summed E-state index contributed by atoms with van der Waals surface area (Å²) in [5.41, 5.74) is -0.543. The van der Waals surface area contributed by atoms with Crippen molar-refractivity contribution in [3.8, 4) is 29.6 Å². The van der Waals surface area contributed by atoms with Crippen LogP contribution >= 0.6 is 11.6 Å². The van der Waals surface area contributed by atoms with Gasteiger partial charge in [-0.25, -0.2) is 13.2 Å². The van der Waals surface area contributed by atoms with Crippen LogP contribution in [0.5, 0.6) is 6.01 Å². The molecule has 2 aromatic heterocycles. The number of benzene rings is 2. The van der Waals surface area contributed by atoms with Gasteiger partial charge in [-0.2, -0.15) is 9.97 Å². The van der Waals surface area contributed by atoms with Gasteiger partial charge in [0.05, 0.1) is 28.6 Å². The highest BCUT2D eigenvalue weighted by atomic mass is 35.5. The monoisotopic (exact) mass is 662 g/mol. The minimum Gasteiger partial charge on any atom is -0.461 e. The molecule has 4 aliphatic heterocycles. The number of nitrogens with zero attached hydrogens (tertiary/aromatic N) is 5. The van der Waals surface area contributed by atoms with Crippen molar-refractivity contribution in [2.24, 2.45) is 0 Å². The average molecular weight is 663 g/mol. The van der Waals surface area contributed by atoms with Gasteiger partial charge in [-0.1, -0.05) is 23.6 Å². The van der Waals surface area contributed by atoms with Gasteiger partial charge >= 0.3 is 6.01 Å². The number of hydrogen-bond donors (Lipinski definition) is 1. The third-order valence-corrected chi connectivity index (χ3v) is 10.7. The third-order valence-electron chi connectivity index (χ3n) is 10.4. The predicted molar refractivity (Wildman–Crippen MR) is 175 cm³/mol. The number of terminal acetylenes is 1. The Morgan fingerprint density at radius 2 is 2.04 bits per heavy atom. The van der Waals surface area contributed by atoms with E-state index in [1.165, 1.54) is 12.1 Å². The summed E-state index contributed by atoms with van der Waals surface area (Å²) >= 11 is 6.47. The number of fused-ring (bicyclic) bond motifs is 5. The van der Waals surface area contributed by atoms with Crippen molar-refractivity contribution in [2.45, 2.75) is 55.4 Å². The lowest BCUT2D eigenvalue weighted by atomic mass is 9.95. The lowest BCUT2D eigenvalue weighted by Crippen LogP contribution is -2.61. The summed E-state index contributed by atoms with van der Waals surface area (Å²) in [4.78, 5) is 18.3. The summed E-state index contributed by atoms with van der Waals surface area (Å²) in [6.07, 6.45) is 10.4. The normalized spacial score (nSPS) is 27.1. The van der Waals surface area contributed by atoms with Crippen LogP contribution in [0.1, 0.15) is 37.7 Å². The standard InChI is InChI=1S/C35H34ClF3N6O2/c1-3-24-27(38)6-5-20-11-21(36)12-25(28(20)24)30-29(39)31-26(14-40-30)32(44-16-23-7-9-34(17-44,43-23)18-46-2)42-33(41-31)47-19-35-8-4-10-45(35)15-22(37)13-35/h1,5-6,11-12,14,22-23,43H,4,7-10,13,15-19H2,2H3/t22-,23+,34-,35+/m1/s1. The molecule has 2 aromatic carbocycles. The van der Waals surface area contributed by atoms with Gasteiger partial charge in [-0.15, -0.1) is 6.42 Å². The molecule has 4 aliphatic rings. The molecule has 47 heavy (non-hydrogen) atoms. The minimum absolute atomic E-state index is 0.00373. The zero-order chi connectivity index (χ0) is 32.5. The van der Waals surface area contributed by atoms with E-state index in [0.29, 0.717) is 59.7 Å². The second kappa shape index (κ2) is 11.5. The van der Waals surface area contributed by atoms with E-state index in [-0.39, 0.29) is 46.5 Å². The maximum atomic E-state index is 16.9. The molecular formula is C35H34ClF3N6O2. The Morgan fingerprint density at radius 3 is 2.87 bits per heavy atom. The Bertz CT molecular complexity index is 1950. The largest absolute Gasteiger partial charge is 0.461 e. The molecular weight excluding hydrogens is 629 g/mol. The first-order valence-electron chi connectivity index (χ1n) is 16.0. The quantitative estimate of drug-likeness (QED) is 0.254. The number of rotatable bonds is 7. The summed E-state index contributed by atoms with van der Waals surface area (Å²) in [5.74, 6) is 1.57. The van der Waals surface area contributed by atoms with Crippen LogP contribution in [0, 0.1) is 24.0 Å². The van der Waals surface area contributed by atoms with E-state index in [9.17, 15) is 8.78 Å². The Kier molecular flexibility index (Phi) is 7.48. The number of hydrogen-bond acceptors (Lipinski definition) is 8. The number of piperazine rings is 1. The van der Waals surface area contributed by atoms with Gasteiger partial charge in [0, 0.05) is 61.4 Å². The maximum absolute atomic E-state index is 16.9. The maximum Gasteiger partial charge on any atom is 0.319 e.